The van der Waals surface area contributed by atoms with Crippen molar-refractivity contribution in [2.75, 3.05) is 17.2 Å². The largest absolute Gasteiger partial charge is 0.383 e. The average molecular weight is 292 g/mol. The number of halogens is 2. The second-order valence-electron chi connectivity index (χ2n) is 4.08. The fourth-order valence-electron chi connectivity index (χ4n) is 1.24. The highest BCUT2D eigenvalue weighted by Crippen LogP contribution is 2.32. The number of rotatable bonds is 4. The normalized spacial score (nSPS) is 10.4. The van der Waals surface area contributed by atoms with E-state index in [4.69, 9.17) is 41.2 Å². The maximum absolute atomic E-state index is 5.97. The van der Waals surface area contributed by atoms with E-state index in [2.05, 4.69) is 24.5 Å². The van der Waals surface area contributed by atoms with Gasteiger partial charge in [0.2, 0.25) is 0 Å². The molecule has 0 amide bonds. The SMILES string of the molecule is CC(C)CNc1cc(Cl)c(Cl)cc1NC(N)=S. The van der Waals surface area contributed by atoms with Gasteiger partial charge in [0.05, 0.1) is 21.4 Å². The first-order valence-electron chi connectivity index (χ1n) is 5.19. The molecule has 6 heteroatoms. The van der Waals surface area contributed by atoms with Gasteiger partial charge in [-0.15, -0.1) is 0 Å². The van der Waals surface area contributed by atoms with Crippen LogP contribution in [0.15, 0.2) is 12.1 Å². The second-order valence-corrected chi connectivity index (χ2v) is 5.33. The number of nitrogens with one attached hydrogen (secondary N) is 2. The molecular weight excluding hydrogens is 277 g/mol. The number of anilines is 2. The zero-order valence-electron chi connectivity index (χ0n) is 9.68. The van der Waals surface area contributed by atoms with Gasteiger partial charge in [-0.2, -0.15) is 0 Å². The van der Waals surface area contributed by atoms with Crippen LogP contribution in [0.5, 0.6) is 0 Å². The Morgan fingerprint density at radius 3 is 2.29 bits per heavy atom. The number of nitrogens with two attached hydrogens (primary N) is 1. The van der Waals surface area contributed by atoms with Crippen molar-refractivity contribution in [3.63, 3.8) is 0 Å². The highest BCUT2D eigenvalue weighted by atomic mass is 35.5. The summed E-state index contributed by atoms with van der Waals surface area (Å²) in [4.78, 5) is 0. The van der Waals surface area contributed by atoms with Gasteiger partial charge in [-0.05, 0) is 30.3 Å². The first kappa shape index (κ1) is 14.4. The van der Waals surface area contributed by atoms with Crippen LogP contribution in [0.1, 0.15) is 13.8 Å². The molecule has 0 saturated carbocycles. The van der Waals surface area contributed by atoms with Crippen LogP contribution in [0.25, 0.3) is 0 Å². The lowest BCUT2D eigenvalue weighted by molar-refractivity contribution is 0.689. The summed E-state index contributed by atoms with van der Waals surface area (Å²) >= 11 is 16.7. The molecule has 0 atom stereocenters. The highest BCUT2D eigenvalue weighted by Gasteiger charge is 2.08. The fourth-order valence-corrected chi connectivity index (χ4v) is 1.68. The van der Waals surface area contributed by atoms with Crippen LogP contribution in [0, 0.1) is 5.92 Å². The topological polar surface area (TPSA) is 50.1 Å². The molecule has 94 valence electrons. The Labute approximate surface area is 117 Å². The van der Waals surface area contributed by atoms with E-state index in [1.807, 2.05) is 0 Å². The summed E-state index contributed by atoms with van der Waals surface area (Å²) in [6, 6.07) is 3.46. The van der Waals surface area contributed by atoms with Gasteiger partial charge in [0.25, 0.3) is 0 Å². The number of hydrogen-bond donors (Lipinski definition) is 3. The maximum atomic E-state index is 5.97. The minimum atomic E-state index is 0.191. The van der Waals surface area contributed by atoms with E-state index in [1.165, 1.54) is 0 Å². The Morgan fingerprint density at radius 1 is 1.29 bits per heavy atom. The summed E-state index contributed by atoms with van der Waals surface area (Å²) in [6.45, 7) is 5.06. The van der Waals surface area contributed by atoms with Crippen molar-refractivity contribution in [3.05, 3.63) is 22.2 Å². The van der Waals surface area contributed by atoms with Crippen molar-refractivity contribution in [2.45, 2.75) is 13.8 Å². The van der Waals surface area contributed by atoms with Gasteiger partial charge in [0, 0.05) is 6.54 Å². The third kappa shape index (κ3) is 4.58. The summed E-state index contributed by atoms with van der Waals surface area (Å²) in [5, 5.41) is 7.28. The van der Waals surface area contributed by atoms with E-state index in [9.17, 15) is 0 Å². The zero-order valence-corrected chi connectivity index (χ0v) is 12.0. The maximum Gasteiger partial charge on any atom is 0.168 e. The van der Waals surface area contributed by atoms with Crippen LogP contribution in [0.4, 0.5) is 11.4 Å². The van der Waals surface area contributed by atoms with Crippen molar-refractivity contribution in [1.29, 1.82) is 0 Å². The van der Waals surface area contributed by atoms with Crippen LogP contribution in [-0.4, -0.2) is 11.7 Å². The Hall–Kier alpha value is -0.710. The van der Waals surface area contributed by atoms with Gasteiger partial charge in [-0.25, -0.2) is 0 Å². The van der Waals surface area contributed by atoms with Crippen LogP contribution < -0.4 is 16.4 Å². The summed E-state index contributed by atoms with van der Waals surface area (Å²) < 4.78 is 0. The van der Waals surface area contributed by atoms with Gasteiger partial charge in [0.15, 0.2) is 5.11 Å². The van der Waals surface area contributed by atoms with E-state index in [0.29, 0.717) is 16.0 Å². The first-order valence-corrected chi connectivity index (χ1v) is 6.36. The molecule has 17 heavy (non-hydrogen) atoms. The third-order valence-electron chi connectivity index (χ3n) is 2.02. The Bertz CT molecular complexity index is 421. The Balaban J connectivity index is 2.98. The standard InChI is InChI=1S/C11H15Cl2N3S/c1-6(2)5-15-9-3-7(12)8(13)4-10(9)16-11(14)17/h3-4,6,15H,5H2,1-2H3,(H3,14,16,17). The average Bonchev–Trinajstić information content (AvgIpc) is 2.20. The van der Waals surface area contributed by atoms with Crippen LogP contribution in [0.3, 0.4) is 0 Å². The summed E-state index contributed by atoms with van der Waals surface area (Å²) in [7, 11) is 0. The van der Waals surface area contributed by atoms with Gasteiger partial charge in [-0.3, -0.25) is 0 Å². The summed E-state index contributed by atoms with van der Waals surface area (Å²) in [6.07, 6.45) is 0. The molecule has 0 unspecified atom stereocenters. The highest BCUT2D eigenvalue weighted by molar-refractivity contribution is 7.80. The summed E-state index contributed by atoms with van der Waals surface area (Å²) in [5.74, 6) is 0.516. The Morgan fingerprint density at radius 2 is 1.82 bits per heavy atom. The molecule has 0 aromatic heterocycles. The molecule has 1 rings (SSSR count). The fraction of sp³-hybridized carbons (Fsp3) is 0.364. The molecule has 4 N–H and O–H groups in total. The van der Waals surface area contributed by atoms with Gasteiger partial charge < -0.3 is 16.4 Å². The van der Waals surface area contributed by atoms with Gasteiger partial charge in [0.1, 0.15) is 0 Å². The summed E-state index contributed by atoms with van der Waals surface area (Å²) in [5.41, 5.74) is 7.02. The monoisotopic (exact) mass is 291 g/mol. The van der Waals surface area contributed by atoms with E-state index < -0.39 is 0 Å². The molecular formula is C11H15Cl2N3S. The minimum Gasteiger partial charge on any atom is -0.383 e. The molecule has 1 aromatic rings. The van der Waals surface area contributed by atoms with Crippen molar-refractivity contribution < 1.29 is 0 Å². The molecule has 1 aromatic carbocycles. The van der Waals surface area contributed by atoms with E-state index in [1.54, 1.807) is 12.1 Å². The van der Waals surface area contributed by atoms with Gasteiger partial charge >= 0.3 is 0 Å². The molecule has 0 radical (unpaired) electrons. The first-order chi connectivity index (χ1) is 7.90. The zero-order chi connectivity index (χ0) is 13.0. The van der Waals surface area contributed by atoms with E-state index in [0.717, 1.165) is 17.9 Å². The lowest BCUT2D eigenvalue weighted by atomic mass is 10.2. The van der Waals surface area contributed by atoms with Crippen molar-refractivity contribution in [3.8, 4) is 0 Å². The molecule has 3 nitrogen and oxygen atoms in total. The molecule has 0 saturated heterocycles. The molecule has 0 spiro atoms. The van der Waals surface area contributed by atoms with Crippen LogP contribution in [-0.2, 0) is 0 Å². The second kappa shape index (κ2) is 6.28. The molecule has 0 heterocycles. The van der Waals surface area contributed by atoms with Crippen LogP contribution >= 0.6 is 35.4 Å². The number of benzene rings is 1. The van der Waals surface area contributed by atoms with Crippen molar-refractivity contribution in [1.82, 2.24) is 0 Å². The van der Waals surface area contributed by atoms with Crippen molar-refractivity contribution in [2.24, 2.45) is 11.7 Å². The lowest BCUT2D eigenvalue weighted by Gasteiger charge is -2.15. The van der Waals surface area contributed by atoms with Crippen LogP contribution in [0.2, 0.25) is 10.0 Å². The molecule has 0 aliphatic rings. The lowest BCUT2D eigenvalue weighted by Crippen LogP contribution is -2.20. The molecule has 0 fully saturated rings. The minimum absolute atomic E-state index is 0.191. The van der Waals surface area contributed by atoms with Gasteiger partial charge in [-0.1, -0.05) is 37.0 Å². The predicted molar refractivity (Wildman–Crippen MR) is 80.2 cm³/mol. The quantitative estimate of drug-likeness (QED) is 0.740. The number of thiocarbonyl (C=S) groups is 1. The predicted octanol–water partition coefficient (Wildman–Crippen LogP) is 3.72. The smallest absolute Gasteiger partial charge is 0.168 e. The van der Waals surface area contributed by atoms with Crippen molar-refractivity contribution >= 4 is 51.9 Å². The Kier molecular flexibility index (Phi) is 5.31. The molecule has 0 bridgehead atoms. The third-order valence-corrected chi connectivity index (χ3v) is 2.84. The van der Waals surface area contributed by atoms with E-state index in [-0.39, 0.29) is 5.11 Å². The molecule has 0 aliphatic heterocycles. The van der Waals surface area contributed by atoms with E-state index >= 15 is 0 Å². The molecule has 0 aliphatic carbocycles. The number of hydrogen-bond acceptors (Lipinski definition) is 2.